The number of anilines is 1. The minimum atomic E-state index is -0.612. The van der Waals surface area contributed by atoms with Crippen molar-refractivity contribution in [2.24, 2.45) is 11.3 Å². The highest BCUT2D eigenvalue weighted by Gasteiger charge is 2.60. The predicted molar refractivity (Wildman–Crippen MR) is 145 cm³/mol. The van der Waals surface area contributed by atoms with Crippen molar-refractivity contribution in [3.05, 3.63) is 106 Å². The van der Waals surface area contributed by atoms with Crippen LogP contribution < -0.4 is 10.9 Å². The van der Waals surface area contributed by atoms with Gasteiger partial charge in [0.05, 0.1) is 16.3 Å². The highest BCUT2D eigenvalue weighted by atomic mass is 35.5. The average molecular weight is 526 g/mol. The van der Waals surface area contributed by atoms with Crippen LogP contribution in [0.1, 0.15) is 37.8 Å². The molecule has 190 valence electrons. The first kappa shape index (κ1) is 23.4. The molecular formula is C31H25ClFN3O2. The first-order chi connectivity index (χ1) is 18.4. The highest BCUT2D eigenvalue weighted by Crippen LogP contribution is 2.60. The Bertz CT molecular complexity index is 1680. The van der Waals surface area contributed by atoms with Crippen molar-refractivity contribution >= 4 is 23.2 Å². The van der Waals surface area contributed by atoms with Crippen LogP contribution in [0.5, 0.6) is 0 Å². The Kier molecular flexibility index (Phi) is 5.14. The molecule has 4 aromatic rings. The van der Waals surface area contributed by atoms with Crippen molar-refractivity contribution in [2.75, 3.05) is 5.32 Å². The van der Waals surface area contributed by atoms with Gasteiger partial charge in [0.1, 0.15) is 5.82 Å². The lowest BCUT2D eigenvalue weighted by Crippen LogP contribution is -2.33. The zero-order chi connectivity index (χ0) is 26.1. The van der Waals surface area contributed by atoms with Crippen molar-refractivity contribution in [3.63, 3.8) is 0 Å². The molecular weight excluding hydrogens is 501 g/mol. The van der Waals surface area contributed by atoms with Crippen molar-refractivity contribution < 1.29 is 9.18 Å². The normalized spacial score (nSPS) is 22.9. The van der Waals surface area contributed by atoms with Gasteiger partial charge in [0.2, 0.25) is 5.91 Å². The van der Waals surface area contributed by atoms with Gasteiger partial charge in [-0.25, -0.2) is 4.39 Å². The third kappa shape index (κ3) is 3.54. The zero-order valence-electron chi connectivity index (χ0n) is 20.6. The molecule has 2 saturated carbocycles. The quantitative estimate of drug-likeness (QED) is 0.319. The zero-order valence-corrected chi connectivity index (χ0v) is 21.3. The SMILES string of the molecule is O=C1Nc2ccccc2-c2ccnc(c2)C2(n3ccc(-c4cccc(Cl)c4F)cc3=O)CC2CCC12CC2. The summed E-state index contributed by atoms with van der Waals surface area (Å²) in [4.78, 5) is 31.7. The molecule has 7 heteroatoms. The van der Waals surface area contributed by atoms with E-state index in [1.165, 1.54) is 12.1 Å². The van der Waals surface area contributed by atoms with E-state index in [0.717, 1.165) is 54.6 Å². The molecule has 2 bridgehead atoms. The second-order valence-electron chi connectivity index (χ2n) is 10.8. The number of rotatable bonds is 2. The summed E-state index contributed by atoms with van der Waals surface area (Å²) in [5.41, 5.74) is 3.08. The molecule has 2 aromatic carbocycles. The monoisotopic (exact) mass is 525 g/mol. The number of hydrogen-bond acceptors (Lipinski definition) is 3. The maximum Gasteiger partial charge on any atom is 0.251 e. The van der Waals surface area contributed by atoms with Crippen LogP contribution in [0.3, 0.4) is 0 Å². The number of halogens is 2. The van der Waals surface area contributed by atoms with Gasteiger partial charge in [-0.15, -0.1) is 0 Å². The molecule has 1 N–H and O–H groups in total. The van der Waals surface area contributed by atoms with Crippen LogP contribution in [0.4, 0.5) is 10.1 Å². The highest BCUT2D eigenvalue weighted by molar-refractivity contribution is 6.31. The van der Waals surface area contributed by atoms with Gasteiger partial charge in [-0.05, 0) is 79.5 Å². The predicted octanol–water partition coefficient (Wildman–Crippen LogP) is 6.65. The fourth-order valence-corrected chi connectivity index (χ4v) is 6.39. The number of amides is 1. The first-order valence-electron chi connectivity index (χ1n) is 13.0. The number of aromatic nitrogens is 2. The summed E-state index contributed by atoms with van der Waals surface area (Å²) in [6.07, 6.45) is 7.63. The smallest absolute Gasteiger partial charge is 0.251 e. The molecule has 2 aliphatic carbocycles. The second-order valence-corrected chi connectivity index (χ2v) is 11.2. The van der Waals surface area contributed by atoms with Crippen molar-refractivity contribution in [3.8, 4) is 22.3 Å². The number of nitrogens with zero attached hydrogens (tertiary/aromatic N) is 2. The van der Waals surface area contributed by atoms with E-state index in [2.05, 4.69) is 5.32 Å². The molecule has 1 aliphatic heterocycles. The number of carbonyl (C=O) groups is 1. The van der Waals surface area contributed by atoms with Crippen LogP contribution in [0.2, 0.25) is 5.02 Å². The van der Waals surface area contributed by atoms with Crippen LogP contribution in [0, 0.1) is 17.2 Å². The van der Waals surface area contributed by atoms with Gasteiger partial charge in [-0.2, -0.15) is 0 Å². The summed E-state index contributed by atoms with van der Waals surface area (Å²) >= 11 is 5.99. The Morgan fingerprint density at radius 2 is 1.74 bits per heavy atom. The maximum absolute atomic E-state index is 14.7. The van der Waals surface area contributed by atoms with Crippen molar-refractivity contribution in [1.29, 1.82) is 0 Å². The van der Waals surface area contributed by atoms with Gasteiger partial charge < -0.3 is 9.88 Å². The van der Waals surface area contributed by atoms with Gasteiger partial charge in [-0.1, -0.05) is 41.9 Å². The van der Waals surface area contributed by atoms with E-state index < -0.39 is 11.4 Å². The molecule has 1 spiro atoms. The van der Waals surface area contributed by atoms with E-state index in [0.29, 0.717) is 11.1 Å². The third-order valence-corrected chi connectivity index (χ3v) is 8.97. The standard InChI is InChI=1S/C31H25ClFN3O2/c32-24-6-3-5-23(28(24)33)20-10-15-36(27(37)17-20)31-18-21(31)8-11-30(12-13-30)29(38)35-25-7-2-1-4-22(25)19-9-14-34-26(31)16-19/h1-7,9-10,14-17,21H,8,11-13,18H2,(H,35,38). The number of fused-ring (bicyclic) bond motifs is 6. The lowest BCUT2D eigenvalue weighted by atomic mass is 9.92. The summed E-state index contributed by atoms with van der Waals surface area (Å²) < 4.78 is 16.5. The van der Waals surface area contributed by atoms with Crippen LogP contribution >= 0.6 is 11.6 Å². The Labute approximate surface area is 224 Å². The van der Waals surface area contributed by atoms with Crippen LogP contribution in [-0.4, -0.2) is 15.5 Å². The van der Waals surface area contributed by atoms with Crippen LogP contribution in [-0.2, 0) is 10.3 Å². The van der Waals surface area contributed by atoms with Gasteiger partial charge in [0.15, 0.2) is 0 Å². The minimum absolute atomic E-state index is 0.0196. The number of nitrogens with one attached hydrogen (secondary N) is 1. The average Bonchev–Trinajstić information content (AvgIpc) is 3.85. The summed E-state index contributed by atoms with van der Waals surface area (Å²) in [5.74, 6) is -0.298. The molecule has 2 aromatic heterocycles. The second kappa shape index (κ2) is 8.37. The summed E-state index contributed by atoms with van der Waals surface area (Å²) in [5, 5.41) is 3.21. The van der Waals surface area contributed by atoms with E-state index in [-0.39, 0.29) is 27.8 Å². The molecule has 3 aliphatic rings. The molecule has 1 amide bonds. The molecule has 2 atom stereocenters. The van der Waals surface area contributed by atoms with Gasteiger partial charge in [0, 0.05) is 40.7 Å². The number of para-hydroxylation sites is 1. The fourth-order valence-electron chi connectivity index (χ4n) is 6.22. The number of carbonyl (C=O) groups excluding carboxylic acids is 1. The van der Waals surface area contributed by atoms with E-state index in [1.54, 1.807) is 35.2 Å². The van der Waals surface area contributed by atoms with E-state index in [1.807, 2.05) is 36.4 Å². The van der Waals surface area contributed by atoms with Crippen LogP contribution in [0.15, 0.2) is 83.9 Å². The molecule has 2 fully saturated rings. The number of benzene rings is 2. The number of hydrogen-bond donors (Lipinski definition) is 1. The Hall–Kier alpha value is -3.77. The lowest BCUT2D eigenvalue weighted by Gasteiger charge is -2.24. The largest absolute Gasteiger partial charge is 0.325 e. The summed E-state index contributed by atoms with van der Waals surface area (Å²) in [6, 6.07) is 19.8. The molecule has 2 unspecified atom stereocenters. The molecule has 7 rings (SSSR count). The molecule has 3 heterocycles. The van der Waals surface area contributed by atoms with Gasteiger partial charge in [-0.3, -0.25) is 14.6 Å². The Morgan fingerprint density at radius 1 is 0.947 bits per heavy atom. The first-order valence-corrected chi connectivity index (χ1v) is 13.3. The van der Waals surface area contributed by atoms with E-state index >= 15 is 0 Å². The molecule has 0 radical (unpaired) electrons. The fraction of sp³-hybridized carbons (Fsp3) is 0.258. The molecule has 5 nitrogen and oxygen atoms in total. The molecule has 38 heavy (non-hydrogen) atoms. The van der Waals surface area contributed by atoms with Crippen molar-refractivity contribution in [1.82, 2.24) is 9.55 Å². The summed E-state index contributed by atoms with van der Waals surface area (Å²) in [6.45, 7) is 0. The van der Waals surface area contributed by atoms with Gasteiger partial charge in [0.25, 0.3) is 5.56 Å². The topological polar surface area (TPSA) is 64.0 Å². The Morgan fingerprint density at radius 3 is 2.55 bits per heavy atom. The van der Waals surface area contributed by atoms with Gasteiger partial charge >= 0.3 is 0 Å². The summed E-state index contributed by atoms with van der Waals surface area (Å²) in [7, 11) is 0. The molecule has 0 saturated heterocycles. The maximum atomic E-state index is 14.7. The van der Waals surface area contributed by atoms with Crippen LogP contribution in [0.25, 0.3) is 22.3 Å². The third-order valence-electron chi connectivity index (χ3n) is 8.68. The van der Waals surface area contributed by atoms with Crippen molar-refractivity contribution in [2.45, 2.75) is 37.6 Å². The lowest BCUT2D eigenvalue weighted by molar-refractivity contribution is -0.121. The number of pyridine rings is 2. The van der Waals surface area contributed by atoms with E-state index in [4.69, 9.17) is 16.6 Å². The Balaban J connectivity index is 1.37. The minimum Gasteiger partial charge on any atom is -0.325 e. The van der Waals surface area contributed by atoms with E-state index in [9.17, 15) is 14.0 Å².